The summed E-state index contributed by atoms with van der Waals surface area (Å²) >= 11 is 1.32. The Morgan fingerprint density at radius 2 is 1.81 bits per heavy atom. The minimum Gasteiger partial charge on any atom is -0.492 e. The lowest BCUT2D eigenvalue weighted by atomic mass is 10.3. The van der Waals surface area contributed by atoms with E-state index in [0.29, 0.717) is 29.6 Å². The Labute approximate surface area is 157 Å². The summed E-state index contributed by atoms with van der Waals surface area (Å²) in [5.74, 6) is 0.790. The van der Waals surface area contributed by atoms with Crippen LogP contribution in [0.25, 0.3) is 0 Å². The van der Waals surface area contributed by atoms with Crippen LogP contribution >= 0.6 is 11.3 Å². The van der Waals surface area contributed by atoms with Gasteiger partial charge in [-0.05, 0) is 24.3 Å². The summed E-state index contributed by atoms with van der Waals surface area (Å²) in [7, 11) is 0. The molecule has 3 rings (SSSR count). The minimum absolute atomic E-state index is 0.0341. The van der Waals surface area contributed by atoms with E-state index in [1.165, 1.54) is 18.3 Å². The zero-order chi connectivity index (χ0) is 18.4. The SMILES string of the molecule is CC(=O)Nc1ccc(C(=O)N2CCN(CCOc3ccccc3)CC2)s1. The van der Waals surface area contributed by atoms with Crippen LogP contribution in [0.4, 0.5) is 5.00 Å². The third-order valence-corrected chi connectivity index (χ3v) is 5.18. The molecular formula is C19H23N3O3S. The molecule has 2 amide bonds. The molecule has 138 valence electrons. The van der Waals surface area contributed by atoms with E-state index in [9.17, 15) is 9.59 Å². The third kappa shape index (κ3) is 5.06. The minimum atomic E-state index is -0.128. The maximum atomic E-state index is 12.6. The van der Waals surface area contributed by atoms with Gasteiger partial charge in [-0.3, -0.25) is 14.5 Å². The number of carbonyl (C=O) groups excluding carboxylic acids is 2. The fourth-order valence-electron chi connectivity index (χ4n) is 2.83. The van der Waals surface area contributed by atoms with E-state index in [4.69, 9.17) is 4.74 Å². The first kappa shape index (κ1) is 18.4. The summed E-state index contributed by atoms with van der Waals surface area (Å²) in [4.78, 5) is 28.5. The van der Waals surface area contributed by atoms with E-state index < -0.39 is 0 Å². The van der Waals surface area contributed by atoms with Crippen molar-refractivity contribution >= 4 is 28.2 Å². The molecular weight excluding hydrogens is 350 g/mol. The van der Waals surface area contributed by atoms with Gasteiger partial charge in [0.05, 0.1) is 9.88 Å². The van der Waals surface area contributed by atoms with Gasteiger partial charge in [-0.2, -0.15) is 0 Å². The van der Waals surface area contributed by atoms with Gasteiger partial charge in [0.25, 0.3) is 5.91 Å². The van der Waals surface area contributed by atoms with Crippen molar-refractivity contribution in [3.05, 3.63) is 47.3 Å². The average Bonchev–Trinajstić information content (AvgIpc) is 3.10. The Hall–Kier alpha value is -2.38. The molecule has 2 aromatic rings. The lowest BCUT2D eigenvalue weighted by Gasteiger charge is -2.34. The topological polar surface area (TPSA) is 61.9 Å². The van der Waals surface area contributed by atoms with Crippen molar-refractivity contribution in [3.8, 4) is 5.75 Å². The summed E-state index contributed by atoms with van der Waals surface area (Å²) in [6.07, 6.45) is 0. The van der Waals surface area contributed by atoms with E-state index in [2.05, 4.69) is 10.2 Å². The van der Waals surface area contributed by atoms with E-state index in [1.807, 2.05) is 35.2 Å². The molecule has 0 atom stereocenters. The highest BCUT2D eigenvalue weighted by Gasteiger charge is 2.23. The number of nitrogens with one attached hydrogen (secondary N) is 1. The van der Waals surface area contributed by atoms with Crippen molar-refractivity contribution in [3.63, 3.8) is 0 Å². The van der Waals surface area contributed by atoms with Crippen molar-refractivity contribution in [1.82, 2.24) is 9.80 Å². The summed E-state index contributed by atoms with van der Waals surface area (Å²) in [6, 6.07) is 13.3. The molecule has 26 heavy (non-hydrogen) atoms. The van der Waals surface area contributed by atoms with Crippen molar-refractivity contribution in [2.24, 2.45) is 0 Å². The first-order chi connectivity index (χ1) is 12.6. The maximum Gasteiger partial charge on any atom is 0.264 e. The summed E-state index contributed by atoms with van der Waals surface area (Å²) in [5.41, 5.74) is 0. The fourth-order valence-corrected chi connectivity index (χ4v) is 3.75. The second-order valence-corrected chi connectivity index (χ2v) is 7.22. The molecule has 0 saturated carbocycles. The number of amides is 2. The van der Waals surface area contributed by atoms with E-state index >= 15 is 0 Å². The second kappa shape index (κ2) is 8.82. The average molecular weight is 373 g/mol. The first-order valence-electron chi connectivity index (χ1n) is 8.69. The lowest BCUT2D eigenvalue weighted by Crippen LogP contribution is -2.49. The third-order valence-electron chi connectivity index (χ3n) is 4.19. The van der Waals surface area contributed by atoms with Gasteiger partial charge in [-0.15, -0.1) is 11.3 Å². The van der Waals surface area contributed by atoms with Crippen LogP contribution in [0.2, 0.25) is 0 Å². The summed E-state index contributed by atoms with van der Waals surface area (Å²) in [5, 5.41) is 3.42. The van der Waals surface area contributed by atoms with Gasteiger partial charge in [0.1, 0.15) is 12.4 Å². The quantitative estimate of drug-likeness (QED) is 0.845. The monoisotopic (exact) mass is 373 g/mol. The van der Waals surface area contributed by atoms with Gasteiger partial charge < -0.3 is 15.0 Å². The van der Waals surface area contributed by atoms with E-state index in [1.54, 1.807) is 12.1 Å². The molecule has 1 aliphatic heterocycles. The molecule has 0 bridgehead atoms. The number of ether oxygens (including phenoxy) is 1. The van der Waals surface area contributed by atoms with Crippen LogP contribution in [0.15, 0.2) is 42.5 Å². The number of thiophene rings is 1. The molecule has 0 spiro atoms. The summed E-state index contributed by atoms with van der Waals surface area (Å²) in [6.45, 7) is 6.05. The van der Waals surface area contributed by atoms with Crippen LogP contribution in [0.1, 0.15) is 16.6 Å². The molecule has 1 aromatic heterocycles. The van der Waals surface area contributed by atoms with Gasteiger partial charge in [-0.1, -0.05) is 18.2 Å². The number of para-hydroxylation sites is 1. The van der Waals surface area contributed by atoms with Gasteiger partial charge in [0.15, 0.2) is 0 Å². The normalized spacial score (nSPS) is 14.9. The number of benzene rings is 1. The molecule has 6 nitrogen and oxygen atoms in total. The van der Waals surface area contributed by atoms with Gasteiger partial charge in [0, 0.05) is 39.6 Å². The highest BCUT2D eigenvalue weighted by molar-refractivity contribution is 7.18. The van der Waals surface area contributed by atoms with Crippen LogP contribution in [-0.2, 0) is 4.79 Å². The smallest absolute Gasteiger partial charge is 0.264 e. The van der Waals surface area contributed by atoms with Crippen molar-refractivity contribution < 1.29 is 14.3 Å². The van der Waals surface area contributed by atoms with Gasteiger partial charge in [0.2, 0.25) is 5.91 Å². The Bertz CT molecular complexity index is 739. The van der Waals surface area contributed by atoms with Gasteiger partial charge >= 0.3 is 0 Å². The number of rotatable bonds is 6. The number of anilines is 1. The molecule has 0 radical (unpaired) electrons. The molecule has 1 saturated heterocycles. The number of hydrogen-bond acceptors (Lipinski definition) is 5. The Balaban J connectivity index is 1.42. The molecule has 1 N–H and O–H groups in total. The predicted molar refractivity (Wildman–Crippen MR) is 103 cm³/mol. The Kier molecular flexibility index (Phi) is 6.25. The highest BCUT2D eigenvalue weighted by atomic mass is 32.1. The number of hydrogen-bond donors (Lipinski definition) is 1. The van der Waals surface area contributed by atoms with Crippen molar-refractivity contribution in [2.45, 2.75) is 6.92 Å². The predicted octanol–water partition coefficient (Wildman–Crippen LogP) is 2.54. The number of nitrogens with zero attached hydrogens (tertiary/aromatic N) is 2. The first-order valence-corrected chi connectivity index (χ1v) is 9.50. The number of carbonyl (C=O) groups is 2. The number of piperazine rings is 1. The van der Waals surface area contributed by atoms with Crippen molar-refractivity contribution in [2.75, 3.05) is 44.6 Å². The van der Waals surface area contributed by atoms with Crippen LogP contribution in [0.3, 0.4) is 0 Å². The van der Waals surface area contributed by atoms with Crippen molar-refractivity contribution in [1.29, 1.82) is 0 Å². The zero-order valence-electron chi connectivity index (χ0n) is 14.8. The second-order valence-electron chi connectivity index (χ2n) is 6.14. The summed E-state index contributed by atoms with van der Waals surface area (Å²) < 4.78 is 5.73. The van der Waals surface area contributed by atoms with Crippen LogP contribution < -0.4 is 10.1 Å². The molecule has 7 heteroatoms. The maximum absolute atomic E-state index is 12.6. The molecule has 2 heterocycles. The largest absolute Gasteiger partial charge is 0.492 e. The molecule has 0 unspecified atom stereocenters. The molecule has 1 fully saturated rings. The van der Waals surface area contributed by atoms with Crippen LogP contribution in [-0.4, -0.2) is 60.9 Å². The Morgan fingerprint density at radius 1 is 1.08 bits per heavy atom. The zero-order valence-corrected chi connectivity index (χ0v) is 15.6. The van der Waals surface area contributed by atoms with Gasteiger partial charge in [-0.25, -0.2) is 0 Å². The lowest BCUT2D eigenvalue weighted by molar-refractivity contribution is -0.114. The molecule has 1 aromatic carbocycles. The Morgan fingerprint density at radius 3 is 2.50 bits per heavy atom. The highest BCUT2D eigenvalue weighted by Crippen LogP contribution is 2.23. The molecule has 0 aliphatic carbocycles. The fraction of sp³-hybridized carbons (Fsp3) is 0.368. The van der Waals surface area contributed by atoms with Crippen LogP contribution in [0, 0.1) is 0 Å². The van der Waals surface area contributed by atoms with E-state index in [-0.39, 0.29) is 11.8 Å². The molecule has 1 aliphatic rings. The van der Waals surface area contributed by atoms with Crippen LogP contribution in [0.5, 0.6) is 5.75 Å². The van der Waals surface area contributed by atoms with E-state index in [0.717, 1.165) is 25.4 Å². The standard InChI is InChI=1S/C19H23N3O3S/c1-15(23)20-18-8-7-17(26-18)19(24)22-11-9-21(10-12-22)13-14-25-16-5-3-2-4-6-16/h2-8H,9-14H2,1H3,(H,20,23).